The third-order valence-electron chi connectivity index (χ3n) is 3.43. The Hall–Kier alpha value is -2.19. The first-order valence-electron chi connectivity index (χ1n) is 7.88. The average molecular weight is 380 g/mol. The second kappa shape index (κ2) is 9.33. The summed E-state index contributed by atoms with van der Waals surface area (Å²) in [7, 11) is 0. The fourth-order valence-corrected chi connectivity index (χ4v) is 3.75. The van der Waals surface area contributed by atoms with Crippen LogP contribution in [0.4, 0.5) is 0 Å². The van der Waals surface area contributed by atoms with Crippen LogP contribution in [0.2, 0.25) is 0 Å². The zero-order valence-electron chi connectivity index (χ0n) is 14.1. The molecule has 2 aromatic heterocycles. The number of rotatable bonds is 8. The van der Waals surface area contributed by atoms with Gasteiger partial charge in [-0.05, 0) is 28.8 Å². The van der Waals surface area contributed by atoms with E-state index in [0.717, 1.165) is 4.88 Å². The normalized spacial score (nSPS) is 11.8. The lowest BCUT2D eigenvalue weighted by Gasteiger charge is -2.21. The molecular formula is C17H21N3O3S2. The van der Waals surface area contributed by atoms with Crippen LogP contribution in [0.1, 0.15) is 34.4 Å². The third-order valence-corrected chi connectivity index (χ3v) is 5.26. The van der Waals surface area contributed by atoms with Crippen molar-refractivity contribution in [3.8, 4) is 0 Å². The van der Waals surface area contributed by atoms with Crippen LogP contribution in [0, 0.1) is 5.92 Å². The summed E-state index contributed by atoms with van der Waals surface area (Å²) in [6.45, 7) is 3.78. The number of carbonyl (C=O) groups is 3. The molecule has 0 bridgehead atoms. The second-order valence-corrected chi connectivity index (χ2v) is 7.67. The molecule has 0 aromatic carbocycles. The van der Waals surface area contributed by atoms with Crippen molar-refractivity contribution in [2.24, 2.45) is 5.92 Å². The Morgan fingerprint density at radius 3 is 2.24 bits per heavy atom. The maximum atomic E-state index is 12.1. The number of carbonyl (C=O) groups excluding carboxylic acids is 3. The predicted octanol–water partition coefficient (Wildman–Crippen LogP) is 2.17. The van der Waals surface area contributed by atoms with Gasteiger partial charge in [-0.2, -0.15) is 0 Å². The average Bonchev–Trinajstić information content (AvgIpc) is 3.28. The van der Waals surface area contributed by atoms with Gasteiger partial charge in [0.2, 0.25) is 11.8 Å². The van der Waals surface area contributed by atoms with Gasteiger partial charge in [0.15, 0.2) is 0 Å². The lowest BCUT2D eigenvalue weighted by Crippen LogP contribution is -2.43. The molecule has 0 aliphatic carbocycles. The molecule has 1 atom stereocenters. The molecular weight excluding hydrogens is 358 g/mol. The van der Waals surface area contributed by atoms with Crippen molar-refractivity contribution >= 4 is 40.4 Å². The van der Waals surface area contributed by atoms with Crippen molar-refractivity contribution in [3.63, 3.8) is 0 Å². The van der Waals surface area contributed by atoms with Crippen molar-refractivity contribution in [1.82, 2.24) is 16.0 Å². The van der Waals surface area contributed by atoms with Crippen molar-refractivity contribution in [3.05, 3.63) is 44.8 Å². The van der Waals surface area contributed by atoms with E-state index in [4.69, 9.17) is 0 Å². The third kappa shape index (κ3) is 5.99. The number of amides is 3. The minimum Gasteiger partial charge on any atom is -0.347 e. The van der Waals surface area contributed by atoms with Gasteiger partial charge in [0.05, 0.1) is 24.0 Å². The lowest BCUT2D eigenvalue weighted by molar-refractivity contribution is -0.126. The molecule has 0 aliphatic heterocycles. The summed E-state index contributed by atoms with van der Waals surface area (Å²) in [6.07, 6.45) is 0. The summed E-state index contributed by atoms with van der Waals surface area (Å²) in [5.74, 6) is -0.724. The molecule has 2 heterocycles. The lowest BCUT2D eigenvalue weighted by atomic mass is 10.0. The molecule has 0 radical (unpaired) electrons. The number of hydrogen-bond acceptors (Lipinski definition) is 5. The minimum absolute atomic E-state index is 0.0806. The Morgan fingerprint density at radius 2 is 1.64 bits per heavy atom. The van der Waals surface area contributed by atoms with E-state index in [2.05, 4.69) is 16.0 Å². The smallest absolute Gasteiger partial charge is 0.261 e. The van der Waals surface area contributed by atoms with E-state index < -0.39 is 5.91 Å². The molecule has 0 unspecified atom stereocenters. The summed E-state index contributed by atoms with van der Waals surface area (Å²) < 4.78 is 0. The first-order chi connectivity index (χ1) is 12.0. The summed E-state index contributed by atoms with van der Waals surface area (Å²) in [5, 5.41) is 11.7. The predicted molar refractivity (Wildman–Crippen MR) is 99.7 cm³/mol. The largest absolute Gasteiger partial charge is 0.347 e. The van der Waals surface area contributed by atoms with E-state index in [1.165, 1.54) is 11.3 Å². The molecule has 2 rings (SSSR count). The van der Waals surface area contributed by atoms with Crippen LogP contribution in [0.15, 0.2) is 35.0 Å². The first-order valence-corrected chi connectivity index (χ1v) is 9.64. The van der Waals surface area contributed by atoms with Crippen LogP contribution in [0.3, 0.4) is 0 Å². The highest BCUT2D eigenvalue weighted by atomic mass is 32.1. The maximum absolute atomic E-state index is 12.1. The van der Waals surface area contributed by atoms with Crippen LogP contribution >= 0.6 is 22.7 Å². The zero-order valence-corrected chi connectivity index (χ0v) is 15.7. The van der Waals surface area contributed by atoms with Gasteiger partial charge in [-0.3, -0.25) is 14.4 Å². The van der Waals surface area contributed by atoms with Crippen molar-refractivity contribution < 1.29 is 14.4 Å². The maximum Gasteiger partial charge on any atom is 0.261 e. The first kappa shape index (κ1) is 19.1. The van der Waals surface area contributed by atoms with E-state index in [-0.39, 0.29) is 36.9 Å². The van der Waals surface area contributed by atoms with E-state index in [1.807, 2.05) is 31.4 Å². The van der Waals surface area contributed by atoms with Gasteiger partial charge >= 0.3 is 0 Å². The Kier molecular flexibility index (Phi) is 7.15. The molecule has 0 aliphatic rings. The summed E-state index contributed by atoms with van der Waals surface area (Å²) in [4.78, 5) is 37.2. The van der Waals surface area contributed by atoms with Gasteiger partial charge in [-0.15, -0.1) is 22.7 Å². The van der Waals surface area contributed by atoms with Gasteiger partial charge in [0.1, 0.15) is 0 Å². The Bertz CT molecular complexity index is 697. The number of thiophene rings is 2. The van der Waals surface area contributed by atoms with Gasteiger partial charge in [-0.1, -0.05) is 26.0 Å². The van der Waals surface area contributed by atoms with E-state index in [9.17, 15) is 14.4 Å². The Labute approximate surface area is 154 Å². The SMILES string of the molecule is CC(C)[C@@H](NC(=O)CNC(=O)CNC(=O)c1cccs1)c1cccs1. The fourth-order valence-electron chi connectivity index (χ4n) is 2.16. The van der Waals surface area contributed by atoms with Crippen LogP contribution in [0.25, 0.3) is 0 Å². The molecule has 3 N–H and O–H groups in total. The Morgan fingerprint density at radius 1 is 0.960 bits per heavy atom. The van der Waals surface area contributed by atoms with E-state index >= 15 is 0 Å². The Balaban J connectivity index is 1.73. The molecule has 0 saturated carbocycles. The number of hydrogen-bond donors (Lipinski definition) is 3. The molecule has 2 aromatic rings. The zero-order chi connectivity index (χ0) is 18.2. The molecule has 6 nitrogen and oxygen atoms in total. The van der Waals surface area contributed by atoms with Crippen LogP contribution in [0.5, 0.6) is 0 Å². The van der Waals surface area contributed by atoms with Crippen LogP contribution in [-0.4, -0.2) is 30.8 Å². The van der Waals surface area contributed by atoms with Crippen molar-refractivity contribution in [2.75, 3.05) is 13.1 Å². The molecule has 8 heteroatoms. The highest BCUT2D eigenvalue weighted by molar-refractivity contribution is 7.12. The molecule has 3 amide bonds. The summed E-state index contributed by atoms with van der Waals surface area (Å²) in [6, 6.07) is 7.29. The molecule has 134 valence electrons. The van der Waals surface area contributed by atoms with Gasteiger partial charge in [0.25, 0.3) is 5.91 Å². The van der Waals surface area contributed by atoms with Crippen LogP contribution in [-0.2, 0) is 9.59 Å². The molecule has 0 spiro atoms. The quantitative estimate of drug-likeness (QED) is 0.657. The standard InChI is InChI=1S/C17H21N3O3S2/c1-11(2)16(12-5-3-7-24-12)20-15(22)10-18-14(21)9-19-17(23)13-6-4-8-25-13/h3-8,11,16H,9-10H2,1-2H3,(H,18,21)(H,19,23)(H,20,22)/t16-/m1/s1. The fraction of sp³-hybridized carbons (Fsp3) is 0.353. The number of nitrogens with one attached hydrogen (secondary N) is 3. The monoisotopic (exact) mass is 379 g/mol. The van der Waals surface area contributed by atoms with E-state index in [1.54, 1.807) is 28.8 Å². The van der Waals surface area contributed by atoms with E-state index in [0.29, 0.717) is 4.88 Å². The van der Waals surface area contributed by atoms with Crippen LogP contribution < -0.4 is 16.0 Å². The van der Waals surface area contributed by atoms with Crippen molar-refractivity contribution in [2.45, 2.75) is 19.9 Å². The minimum atomic E-state index is -0.405. The molecule has 0 fully saturated rings. The summed E-state index contributed by atoms with van der Waals surface area (Å²) >= 11 is 2.89. The molecule has 0 saturated heterocycles. The highest BCUT2D eigenvalue weighted by Gasteiger charge is 2.19. The van der Waals surface area contributed by atoms with Gasteiger partial charge in [-0.25, -0.2) is 0 Å². The van der Waals surface area contributed by atoms with Crippen molar-refractivity contribution in [1.29, 1.82) is 0 Å². The van der Waals surface area contributed by atoms with Gasteiger partial charge in [0, 0.05) is 4.88 Å². The van der Waals surface area contributed by atoms with Gasteiger partial charge < -0.3 is 16.0 Å². The topological polar surface area (TPSA) is 87.3 Å². The summed E-state index contributed by atoms with van der Waals surface area (Å²) in [5.41, 5.74) is 0. The highest BCUT2D eigenvalue weighted by Crippen LogP contribution is 2.25. The molecule has 25 heavy (non-hydrogen) atoms. The second-order valence-electron chi connectivity index (χ2n) is 5.74.